The van der Waals surface area contributed by atoms with Gasteiger partial charge in [-0.15, -0.1) is 0 Å². The van der Waals surface area contributed by atoms with Gasteiger partial charge in [0.2, 0.25) is 0 Å². The highest BCUT2D eigenvalue weighted by Gasteiger charge is 2.17. The number of rotatable bonds is 6. The summed E-state index contributed by atoms with van der Waals surface area (Å²) >= 11 is 0. The Morgan fingerprint density at radius 3 is 2.48 bits per heavy atom. The maximum absolute atomic E-state index is 13.6. The van der Waals surface area contributed by atoms with Crippen molar-refractivity contribution in [2.45, 2.75) is 20.5 Å². The van der Waals surface area contributed by atoms with Gasteiger partial charge in [0.15, 0.2) is 5.78 Å². The quantitative estimate of drug-likeness (QED) is 0.601. The van der Waals surface area contributed by atoms with E-state index in [0.29, 0.717) is 11.3 Å². The van der Waals surface area contributed by atoms with Crippen LogP contribution in [0.4, 0.5) is 4.39 Å². The third-order valence-corrected chi connectivity index (χ3v) is 3.22. The van der Waals surface area contributed by atoms with Crippen molar-refractivity contribution < 1.29 is 23.5 Å². The molecule has 0 fully saturated rings. The van der Waals surface area contributed by atoms with Crippen molar-refractivity contribution in [2.75, 3.05) is 6.61 Å². The Morgan fingerprint density at radius 1 is 1.09 bits per heavy atom. The number of carbonyl (C=O) groups excluding carboxylic acids is 2. The molecule has 5 heteroatoms. The highest BCUT2D eigenvalue weighted by atomic mass is 19.1. The van der Waals surface area contributed by atoms with E-state index in [1.54, 1.807) is 31.2 Å². The maximum atomic E-state index is 13.6. The van der Waals surface area contributed by atoms with E-state index >= 15 is 0 Å². The van der Waals surface area contributed by atoms with Crippen LogP contribution in [0.1, 0.15) is 40.1 Å². The van der Waals surface area contributed by atoms with Crippen LogP contribution in [-0.2, 0) is 11.3 Å². The highest BCUT2D eigenvalue weighted by Crippen LogP contribution is 2.21. The first-order valence-electron chi connectivity index (χ1n) is 7.21. The second-order valence-electron chi connectivity index (χ2n) is 4.86. The predicted octanol–water partition coefficient (Wildman–Crippen LogP) is 3.78. The van der Waals surface area contributed by atoms with Gasteiger partial charge in [0.1, 0.15) is 18.2 Å². The molecule has 0 unspecified atom stereocenters. The molecule has 0 aliphatic rings. The summed E-state index contributed by atoms with van der Waals surface area (Å²) in [6, 6.07) is 10.8. The molecular weight excluding hydrogens is 299 g/mol. The molecule has 0 saturated heterocycles. The molecule has 2 aromatic carbocycles. The van der Waals surface area contributed by atoms with Crippen LogP contribution >= 0.6 is 0 Å². The minimum absolute atomic E-state index is 0.0222. The molecule has 0 amide bonds. The first-order valence-corrected chi connectivity index (χ1v) is 7.21. The van der Waals surface area contributed by atoms with Crippen LogP contribution in [0, 0.1) is 5.82 Å². The molecule has 2 rings (SSSR count). The van der Waals surface area contributed by atoms with Gasteiger partial charge in [-0.25, -0.2) is 9.18 Å². The Morgan fingerprint density at radius 2 is 1.83 bits per heavy atom. The average Bonchev–Trinajstić information content (AvgIpc) is 2.54. The second kappa shape index (κ2) is 7.54. The molecule has 120 valence electrons. The van der Waals surface area contributed by atoms with Gasteiger partial charge in [-0.05, 0) is 38.1 Å². The smallest absolute Gasteiger partial charge is 0.338 e. The van der Waals surface area contributed by atoms with E-state index in [9.17, 15) is 14.0 Å². The summed E-state index contributed by atoms with van der Waals surface area (Å²) in [5.41, 5.74) is 0.813. The van der Waals surface area contributed by atoms with E-state index in [-0.39, 0.29) is 35.9 Å². The van der Waals surface area contributed by atoms with E-state index in [1.807, 2.05) is 0 Å². The molecule has 0 aromatic heterocycles. The van der Waals surface area contributed by atoms with Gasteiger partial charge in [-0.3, -0.25) is 4.79 Å². The molecule has 0 spiro atoms. The highest BCUT2D eigenvalue weighted by molar-refractivity contribution is 6.05. The zero-order valence-corrected chi connectivity index (χ0v) is 13.0. The molecule has 2 aromatic rings. The zero-order valence-electron chi connectivity index (χ0n) is 13.0. The molecule has 0 atom stereocenters. The lowest BCUT2D eigenvalue weighted by Gasteiger charge is -2.11. The van der Waals surface area contributed by atoms with Crippen molar-refractivity contribution in [3.8, 4) is 5.75 Å². The Bertz CT molecular complexity index is 725. The van der Waals surface area contributed by atoms with Crippen LogP contribution in [0.3, 0.4) is 0 Å². The third kappa shape index (κ3) is 4.16. The number of ketones is 1. The summed E-state index contributed by atoms with van der Waals surface area (Å²) in [6.45, 7) is 3.28. The van der Waals surface area contributed by atoms with Crippen molar-refractivity contribution in [3.63, 3.8) is 0 Å². The Hall–Kier alpha value is -2.69. The molecule has 0 aliphatic carbocycles. The van der Waals surface area contributed by atoms with Crippen LogP contribution in [0.2, 0.25) is 0 Å². The molecule has 4 nitrogen and oxygen atoms in total. The van der Waals surface area contributed by atoms with E-state index in [4.69, 9.17) is 9.47 Å². The van der Waals surface area contributed by atoms with E-state index in [0.717, 1.165) is 0 Å². The molecule has 0 N–H and O–H groups in total. The van der Waals surface area contributed by atoms with Gasteiger partial charge in [-0.1, -0.05) is 18.2 Å². The maximum Gasteiger partial charge on any atom is 0.338 e. The number of hydrogen-bond donors (Lipinski definition) is 0. The lowest BCUT2D eigenvalue weighted by molar-refractivity contribution is 0.0522. The van der Waals surface area contributed by atoms with Crippen LogP contribution in [-0.4, -0.2) is 18.4 Å². The number of hydrogen-bond acceptors (Lipinski definition) is 4. The van der Waals surface area contributed by atoms with Gasteiger partial charge in [0, 0.05) is 11.1 Å². The summed E-state index contributed by atoms with van der Waals surface area (Å²) < 4.78 is 24.0. The molecule has 23 heavy (non-hydrogen) atoms. The van der Waals surface area contributed by atoms with Crippen molar-refractivity contribution >= 4 is 11.8 Å². The van der Waals surface area contributed by atoms with E-state index in [2.05, 4.69) is 0 Å². The molecular formula is C18H17FO4. The van der Waals surface area contributed by atoms with Crippen molar-refractivity contribution in [1.82, 2.24) is 0 Å². The summed E-state index contributed by atoms with van der Waals surface area (Å²) in [5.74, 6) is -0.831. The number of halogens is 1. The second-order valence-corrected chi connectivity index (χ2v) is 4.86. The van der Waals surface area contributed by atoms with E-state index < -0.39 is 5.97 Å². The van der Waals surface area contributed by atoms with Crippen LogP contribution in [0.5, 0.6) is 5.75 Å². The van der Waals surface area contributed by atoms with Gasteiger partial charge in [0.25, 0.3) is 0 Å². The largest absolute Gasteiger partial charge is 0.489 e. The van der Waals surface area contributed by atoms with Gasteiger partial charge in [0.05, 0.1) is 12.2 Å². The number of Topliss-reactive ketones (excluding diaryl/α,β-unsaturated/α-hetero) is 1. The van der Waals surface area contributed by atoms with Gasteiger partial charge in [-0.2, -0.15) is 0 Å². The van der Waals surface area contributed by atoms with Gasteiger partial charge < -0.3 is 9.47 Å². The summed E-state index contributed by atoms with van der Waals surface area (Å²) in [7, 11) is 0. The molecule has 0 saturated carbocycles. The molecule has 0 bridgehead atoms. The van der Waals surface area contributed by atoms with Crippen LogP contribution in [0.25, 0.3) is 0 Å². The topological polar surface area (TPSA) is 52.6 Å². The fraction of sp³-hybridized carbons (Fsp3) is 0.222. The average molecular weight is 316 g/mol. The molecule has 0 aliphatic heterocycles. The Balaban J connectivity index is 2.23. The van der Waals surface area contributed by atoms with Crippen LogP contribution in [0.15, 0.2) is 42.5 Å². The monoisotopic (exact) mass is 316 g/mol. The van der Waals surface area contributed by atoms with Gasteiger partial charge >= 0.3 is 5.97 Å². The number of benzene rings is 2. The van der Waals surface area contributed by atoms with E-state index in [1.165, 1.54) is 25.1 Å². The first-order chi connectivity index (χ1) is 11.0. The fourth-order valence-corrected chi connectivity index (χ4v) is 2.07. The minimum Gasteiger partial charge on any atom is -0.489 e. The summed E-state index contributed by atoms with van der Waals surface area (Å²) in [5, 5.41) is 0. The van der Waals surface area contributed by atoms with Crippen molar-refractivity contribution in [1.29, 1.82) is 0 Å². The number of ether oxygens (including phenoxy) is 2. The van der Waals surface area contributed by atoms with Crippen LogP contribution < -0.4 is 4.74 Å². The third-order valence-electron chi connectivity index (χ3n) is 3.22. The predicted molar refractivity (Wildman–Crippen MR) is 83.1 cm³/mol. The Labute approximate surface area is 133 Å². The SMILES string of the molecule is CCOC(=O)c1cc(OCc2ccccc2F)ccc1C(C)=O. The summed E-state index contributed by atoms with van der Waals surface area (Å²) in [4.78, 5) is 23.6. The normalized spacial score (nSPS) is 10.2. The summed E-state index contributed by atoms with van der Waals surface area (Å²) in [6.07, 6.45) is 0. The lowest BCUT2D eigenvalue weighted by Crippen LogP contribution is -2.11. The standard InChI is InChI=1S/C18H17FO4/c1-3-22-18(21)16-10-14(8-9-15(16)12(2)20)23-11-13-6-4-5-7-17(13)19/h4-10H,3,11H2,1-2H3. The first kappa shape index (κ1) is 16.7. The number of esters is 1. The molecule has 0 radical (unpaired) electrons. The number of carbonyl (C=O) groups is 2. The fourth-order valence-electron chi connectivity index (χ4n) is 2.07. The zero-order chi connectivity index (χ0) is 16.8. The lowest BCUT2D eigenvalue weighted by atomic mass is 10.0. The molecule has 0 heterocycles. The Kier molecular flexibility index (Phi) is 5.46. The minimum atomic E-state index is -0.589. The van der Waals surface area contributed by atoms with Crippen molar-refractivity contribution in [3.05, 3.63) is 65.0 Å². The van der Waals surface area contributed by atoms with Crippen molar-refractivity contribution in [2.24, 2.45) is 0 Å².